The van der Waals surface area contributed by atoms with Crippen molar-refractivity contribution in [2.24, 2.45) is 0 Å². The van der Waals surface area contributed by atoms with Crippen molar-refractivity contribution in [1.29, 1.82) is 0 Å². The van der Waals surface area contributed by atoms with Gasteiger partial charge in [-0.2, -0.15) is 0 Å². The third-order valence-corrected chi connectivity index (χ3v) is 12.0. The summed E-state index contributed by atoms with van der Waals surface area (Å²) in [6, 6.07) is 0. The van der Waals surface area contributed by atoms with Gasteiger partial charge < -0.3 is 14.2 Å². The molecule has 0 aromatic rings. The molecule has 0 saturated heterocycles. The van der Waals surface area contributed by atoms with Crippen molar-refractivity contribution in [1.82, 2.24) is 0 Å². The van der Waals surface area contributed by atoms with E-state index in [0.29, 0.717) is 19.3 Å². The number of carbonyl (C=O) groups excluding carboxylic acids is 3. The molecule has 0 radical (unpaired) electrons. The lowest BCUT2D eigenvalue weighted by Gasteiger charge is -2.18. The van der Waals surface area contributed by atoms with Crippen LogP contribution >= 0.6 is 0 Å². The molecular weight excluding hydrogens is 805 g/mol. The molecule has 1 unspecified atom stereocenters. The van der Waals surface area contributed by atoms with Crippen LogP contribution in [0.1, 0.15) is 278 Å². The van der Waals surface area contributed by atoms with E-state index in [1.54, 1.807) is 0 Å². The molecule has 0 fully saturated rings. The second-order valence-electron chi connectivity index (χ2n) is 18.5. The van der Waals surface area contributed by atoms with Gasteiger partial charge in [-0.25, -0.2) is 0 Å². The maximum Gasteiger partial charge on any atom is 0.306 e. The highest BCUT2D eigenvalue weighted by molar-refractivity contribution is 5.71. The van der Waals surface area contributed by atoms with Gasteiger partial charge in [-0.3, -0.25) is 14.4 Å². The molecule has 1 atom stereocenters. The molecule has 0 amide bonds. The van der Waals surface area contributed by atoms with Crippen LogP contribution in [0.4, 0.5) is 0 Å². The molecule has 0 N–H and O–H groups in total. The van der Waals surface area contributed by atoms with E-state index in [9.17, 15) is 14.4 Å². The summed E-state index contributed by atoms with van der Waals surface area (Å²) < 4.78 is 16.8. The maximum absolute atomic E-state index is 12.8. The number of hydrogen-bond acceptors (Lipinski definition) is 6. The third-order valence-electron chi connectivity index (χ3n) is 12.0. The molecule has 0 aliphatic rings. The first-order valence-corrected chi connectivity index (χ1v) is 27.8. The molecule has 0 heterocycles. The SMILES string of the molecule is CCCCC/C=C\C/C=C\CCCCCCCC(=O)OC(COC(=O)CCCCCCCCCCC)COC(=O)CCCCCCCCCC/C=C\C/C=C\C/C=C\CCCCCCC. The summed E-state index contributed by atoms with van der Waals surface area (Å²) in [7, 11) is 0. The third kappa shape index (κ3) is 51.9. The zero-order valence-electron chi connectivity index (χ0n) is 43.0. The number of rotatable bonds is 50. The van der Waals surface area contributed by atoms with Gasteiger partial charge in [0.15, 0.2) is 6.10 Å². The Morgan fingerprint density at radius 3 is 0.892 bits per heavy atom. The van der Waals surface area contributed by atoms with E-state index < -0.39 is 6.10 Å². The summed E-state index contributed by atoms with van der Waals surface area (Å²) in [6.45, 7) is 6.58. The summed E-state index contributed by atoms with van der Waals surface area (Å²) >= 11 is 0. The first-order chi connectivity index (χ1) is 32.0. The van der Waals surface area contributed by atoms with Gasteiger partial charge in [-0.05, 0) is 89.9 Å². The molecule has 6 nitrogen and oxygen atoms in total. The Kier molecular flexibility index (Phi) is 51.3. The lowest BCUT2D eigenvalue weighted by Crippen LogP contribution is -2.30. The largest absolute Gasteiger partial charge is 0.462 e. The maximum atomic E-state index is 12.8. The number of allylic oxidation sites excluding steroid dienone is 10. The smallest absolute Gasteiger partial charge is 0.306 e. The van der Waals surface area contributed by atoms with E-state index >= 15 is 0 Å². The number of carbonyl (C=O) groups is 3. The molecule has 0 rings (SSSR count). The van der Waals surface area contributed by atoms with Crippen LogP contribution in [0.15, 0.2) is 60.8 Å². The summed E-state index contributed by atoms with van der Waals surface area (Å²) in [4.78, 5) is 38.0. The van der Waals surface area contributed by atoms with Crippen LogP contribution in [-0.2, 0) is 28.6 Å². The Hall–Kier alpha value is -2.89. The summed E-state index contributed by atoms with van der Waals surface area (Å²) in [5.74, 6) is -0.898. The first-order valence-electron chi connectivity index (χ1n) is 27.8. The predicted molar refractivity (Wildman–Crippen MR) is 279 cm³/mol. The van der Waals surface area contributed by atoms with E-state index in [0.717, 1.165) is 103 Å². The normalized spacial score (nSPS) is 12.5. The van der Waals surface area contributed by atoms with Crippen molar-refractivity contribution < 1.29 is 28.6 Å². The quantitative estimate of drug-likeness (QED) is 0.0262. The van der Waals surface area contributed by atoms with E-state index in [1.807, 2.05) is 0 Å². The van der Waals surface area contributed by atoms with E-state index in [2.05, 4.69) is 81.5 Å². The van der Waals surface area contributed by atoms with E-state index in [-0.39, 0.29) is 31.1 Å². The highest BCUT2D eigenvalue weighted by Crippen LogP contribution is 2.15. The van der Waals surface area contributed by atoms with Crippen molar-refractivity contribution in [2.75, 3.05) is 13.2 Å². The Morgan fingerprint density at radius 2 is 0.554 bits per heavy atom. The number of hydrogen-bond donors (Lipinski definition) is 0. The summed E-state index contributed by atoms with van der Waals surface area (Å²) in [6.07, 6.45) is 66.4. The monoisotopic (exact) mass is 909 g/mol. The zero-order chi connectivity index (χ0) is 47.2. The number of unbranched alkanes of at least 4 members (excludes halogenated alkanes) is 29. The second-order valence-corrected chi connectivity index (χ2v) is 18.5. The van der Waals surface area contributed by atoms with Crippen molar-refractivity contribution in [3.8, 4) is 0 Å². The molecule has 65 heavy (non-hydrogen) atoms. The Balaban J connectivity index is 4.28. The fourth-order valence-electron chi connectivity index (χ4n) is 7.77. The predicted octanol–water partition coefficient (Wildman–Crippen LogP) is 18.4. The molecule has 376 valence electrons. The van der Waals surface area contributed by atoms with Crippen LogP contribution in [0.3, 0.4) is 0 Å². The molecule has 0 aliphatic heterocycles. The lowest BCUT2D eigenvalue weighted by atomic mass is 10.1. The van der Waals surface area contributed by atoms with Crippen LogP contribution in [0.25, 0.3) is 0 Å². The van der Waals surface area contributed by atoms with Crippen LogP contribution in [0, 0.1) is 0 Å². The van der Waals surface area contributed by atoms with Gasteiger partial charge >= 0.3 is 17.9 Å². The van der Waals surface area contributed by atoms with Gasteiger partial charge in [0.05, 0.1) is 0 Å². The fourth-order valence-corrected chi connectivity index (χ4v) is 7.77. The summed E-state index contributed by atoms with van der Waals surface area (Å²) in [5, 5.41) is 0. The van der Waals surface area contributed by atoms with Crippen LogP contribution in [0.5, 0.6) is 0 Å². The molecule has 0 aromatic heterocycles. The van der Waals surface area contributed by atoms with Gasteiger partial charge in [-0.15, -0.1) is 0 Å². The Bertz CT molecular complexity index is 1180. The molecule has 6 heteroatoms. The van der Waals surface area contributed by atoms with Crippen LogP contribution < -0.4 is 0 Å². The molecular formula is C59H104O6. The average molecular weight is 909 g/mol. The molecule has 0 bridgehead atoms. The van der Waals surface area contributed by atoms with E-state index in [1.165, 1.54) is 135 Å². The highest BCUT2D eigenvalue weighted by atomic mass is 16.6. The van der Waals surface area contributed by atoms with Gasteiger partial charge in [0, 0.05) is 19.3 Å². The highest BCUT2D eigenvalue weighted by Gasteiger charge is 2.19. The molecule has 0 spiro atoms. The van der Waals surface area contributed by atoms with Crippen molar-refractivity contribution >= 4 is 17.9 Å². The minimum Gasteiger partial charge on any atom is -0.462 e. The number of ether oxygens (including phenoxy) is 3. The molecule has 0 saturated carbocycles. The van der Waals surface area contributed by atoms with Crippen molar-refractivity contribution in [3.05, 3.63) is 60.8 Å². The molecule has 0 aromatic carbocycles. The topological polar surface area (TPSA) is 78.9 Å². The van der Waals surface area contributed by atoms with Gasteiger partial charge in [0.1, 0.15) is 13.2 Å². The summed E-state index contributed by atoms with van der Waals surface area (Å²) in [5.41, 5.74) is 0. The van der Waals surface area contributed by atoms with Gasteiger partial charge in [0.25, 0.3) is 0 Å². The zero-order valence-corrected chi connectivity index (χ0v) is 43.0. The van der Waals surface area contributed by atoms with Crippen molar-refractivity contribution in [2.45, 2.75) is 284 Å². The van der Waals surface area contributed by atoms with Gasteiger partial charge in [0.2, 0.25) is 0 Å². The lowest BCUT2D eigenvalue weighted by molar-refractivity contribution is -0.167. The fraction of sp³-hybridized carbons (Fsp3) is 0.780. The van der Waals surface area contributed by atoms with E-state index in [4.69, 9.17) is 14.2 Å². The van der Waals surface area contributed by atoms with Crippen LogP contribution in [-0.4, -0.2) is 37.2 Å². The number of esters is 3. The average Bonchev–Trinajstić information content (AvgIpc) is 3.30. The minimum absolute atomic E-state index is 0.0808. The second kappa shape index (κ2) is 53.7. The Morgan fingerprint density at radius 1 is 0.308 bits per heavy atom. The van der Waals surface area contributed by atoms with Gasteiger partial charge in [-0.1, -0.05) is 229 Å². The molecule has 0 aliphatic carbocycles. The standard InChI is InChI=1S/C59H104O6/c1-4-7-10-13-16-19-21-23-25-26-27-28-29-30-31-32-34-35-37-40-43-46-49-52-58(61)64-55-56(54-63-57(60)51-48-45-42-39-18-15-12-9-6-3)65-59(62)53-50-47-44-41-38-36-33-24-22-20-17-14-11-8-5-2/h17,20-21,23-24,26-27,29-30,33,56H,4-16,18-19,22,25,28,31-32,34-55H2,1-3H3/b20-17-,23-21-,27-26-,30-29-,33-24-. The van der Waals surface area contributed by atoms with Crippen LogP contribution in [0.2, 0.25) is 0 Å². The minimum atomic E-state index is -0.782. The van der Waals surface area contributed by atoms with Crippen molar-refractivity contribution in [3.63, 3.8) is 0 Å². The Labute approximate surface area is 402 Å². The first kappa shape index (κ1) is 62.1.